The SMILES string of the molecule is CN(C(=O)OC(C)(C)C)C1CCN(Cc2cc(Br)ccc2F)C1. The van der Waals surface area contributed by atoms with Crippen molar-refractivity contribution in [2.45, 2.75) is 45.4 Å². The van der Waals surface area contributed by atoms with Gasteiger partial charge in [0.05, 0.1) is 0 Å². The monoisotopic (exact) mass is 386 g/mol. The van der Waals surface area contributed by atoms with E-state index in [2.05, 4.69) is 20.8 Å². The number of benzene rings is 1. The third-order valence-electron chi connectivity index (χ3n) is 3.88. The van der Waals surface area contributed by atoms with Gasteiger partial charge in [0.2, 0.25) is 0 Å². The van der Waals surface area contributed by atoms with Crippen molar-refractivity contribution >= 4 is 22.0 Å². The van der Waals surface area contributed by atoms with Gasteiger partial charge in [-0.15, -0.1) is 0 Å². The first-order valence-corrected chi connectivity index (χ1v) is 8.57. The lowest BCUT2D eigenvalue weighted by Crippen LogP contribution is -2.42. The van der Waals surface area contributed by atoms with Gasteiger partial charge in [0.25, 0.3) is 0 Å². The van der Waals surface area contributed by atoms with E-state index in [1.807, 2.05) is 20.8 Å². The average molecular weight is 387 g/mol. The molecule has 0 saturated carbocycles. The van der Waals surface area contributed by atoms with Crippen LogP contribution in [0.4, 0.5) is 9.18 Å². The Morgan fingerprint density at radius 1 is 1.48 bits per heavy atom. The van der Waals surface area contributed by atoms with Gasteiger partial charge < -0.3 is 9.64 Å². The highest BCUT2D eigenvalue weighted by Gasteiger charge is 2.31. The Morgan fingerprint density at radius 2 is 2.17 bits per heavy atom. The zero-order chi connectivity index (χ0) is 17.2. The first-order valence-electron chi connectivity index (χ1n) is 7.78. The number of nitrogens with zero attached hydrogens (tertiary/aromatic N) is 2. The molecule has 128 valence electrons. The van der Waals surface area contributed by atoms with Gasteiger partial charge in [-0.3, -0.25) is 4.90 Å². The van der Waals surface area contributed by atoms with Crippen molar-refractivity contribution in [1.29, 1.82) is 0 Å². The fraction of sp³-hybridized carbons (Fsp3) is 0.588. The summed E-state index contributed by atoms with van der Waals surface area (Å²) >= 11 is 3.37. The maximum atomic E-state index is 13.9. The summed E-state index contributed by atoms with van der Waals surface area (Å²) in [5.41, 5.74) is 0.170. The highest BCUT2D eigenvalue weighted by atomic mass is 79.9. The number of halogens is 2. The summed E-state index contributed by atoms with van der Waals surface area (Å²) in [4.78, 5) is 15.9. The molecule has 0 bridgehead atoms. The minimum Gasteiger partial charge on any atom is -0.444 e. The third kappa shape index (κ3) is 5.18. The quantitative estimate of drug-likeness (QED) is 0.785. The Bertz CT molecular complexity index is 574. The van der Waals surface area contributed by atoms with E-state index in [1.165, 1.54) is 6.07 Å². The summed E-state index contributed by atoms with van der Waals surface area (Å²) < 4.78 is 20.1. The number of carbonyl (C=O) groups is 1. The Morgan fingerprint density at radius 3 is 2.83 bits per heavy atom. The highest BCUT2D eigenvalue weighted by Crippen LogP contribution is 2.22. The molecule has 4 nitrogen and oxygen atoms in total. The molecular weight excluding hydrogens is 363 g/mol. The molecule has 1 saturated heterocycles. The van der Waals surface area contributed by atoms with Gasteiger partial charge in [-0.05, 0) is 45.4 Å². The van der Waals surface area contributed by atoms with Crippen molar-refractivity contribution < 1.29 is 13.9 Å². The van der Waals surface area contributed by atoms with Gasteiger partial charge in [0.15, 0.2) is 0 Å². The number of likely N-dealkylation sites (tertiary alicyclic amines) is 1. The predicted molar refractivity (Wildman–Crippen MR) is 91.8 cm³/mol. The van der Waals surface area contributed by atoms with Crippen LogP contribution in [-0.2, 0) is 11.3 Å². The van der Waals surface area contributed by atoms with E-state index in [9.17, 15) is 9.18 Å². The lowest BCUT2D eigenvalue weighted by atomic mass is 10.2. The fourth-order valence-corrected chi connectivity index (χ4v) is 3.07. The maximum Gasteiger partial charge on any atom is 0.410 e. The van der Waals surface area contributed by atoms with E-state index in [1.54, 1.807) is 24.1 Å². The molecule has 6 heteroatoms. The number of carbonyl (C=O) groups excluding carboxylic acids is 1. The van der Waals surface area contributed by atoms with Crippen LogP contribution in [0.1, 0.15) is 32.8 Å². The van der Waals surface area contributed by atoms with Gasteiger partial charge in [0, 0.05) is 42.8 Å². The minimum atomic E-state index is -0.497. The lowest BCUT2D eigenvalue weighted by Gasteiger charge is -2.28. The molecule has 1 aliphatic heterocycles. The molecule has 1 aromatic carbocycles. The van der Waals surface area contributed by atoms with Crippen molar-refractivity contribution in [3.8, 4) is 0 Å². The van der Waals surface area contributed by atoms with Crippen molar-refractivity contribution in [1.82, 2.24) is 9.80 Å². The zero-order valence-corrected chi connectivity index (χ0v) is 15.7. The summed E-state index contributed by atoms with van der Waals surface area (Å²) in [5, 5.41) is 0. The molecule has 0 aromatic heterocycles. The topological polar surface area (TPSA) is 32.8 Å². The normalized spacial score (nSPS) is 19.0. The van der Waals surface area contributed by atoms with Crippen LogP contribution in [0.15, 0.2) is 22.7 Å². The summed E-state index contributed by atoms with van der Waals surface area (Å²) in [5.74, 6) is -0.197. The number of amides is 1. The average Bonchev–Trinajstić information content (AvgIpc) is 2.88. The van der Waals surface area contributed by atoms with Crippen molar-refractivity contribution in [2.24, 2.45) is 0 Å². The summed E-state index contributed by atoms with van der Waals surface area (Å²) in [6.45, 7) is 7.68. The molecule has 23 heavy (non-hydrogen) atoms. The predicted octanol–water partition coefficient (Wildman–Crippen LogP) is 4.03. The molecule has 1 atom stereocenters. The number of hydrogen-bond acceptors (Lipinski definition) is 3. The summed E-state index contributed by atoms with van der Waals surface area (Å²) in [6.07, 6.45) is 0.559. The van der Waals surface area contributed by atoms with Gasteiger partial charge in [0.1, 0.15) is 11.4 Å². The van der Waals surface area contributed by atoms with Gasteiger partial charge in [-0.1, -0.05) is 15.9 Å². The van der Waals surface area contributed by atoms with Crippen LogP contribution in [0, 0.1) is 5.82 Å². The highest BCUT2D eigenvalue weighted by molar-refractivity contribution is 9.10. The number of likely N-dealkylation sites (N-methyl/N-ethyl adjacent to an activating group) is 1. The van der Waals surface area contributed by atoms with Crippen molar-refractivity contribution in [3.05, 3.63) is 34.1 Å². The molecule has 1 heterocycles. The van der Waals surface area contributed by atoms with Crippen LogP contribution in [-0.4, -0.2) is 47.7 Å². The van der Waals surface area contributed by atoms with Crippen LogP contribution in [0.25, 0.3) is 0 Å². The van der Waals surface area contributed by atoms with Gasteiger partial charge >= 0.3 is 6.09 Å². The molecular formula is C17H24BrFN2O2. The van der Waals surface area contributed by atoms with Gasteiger partial charge in [-0.25, -0.2) is 9.18 Å². The van der Waals surface area contributed by atoms with E-state index in [4.69, 9.17) is 4.74 Å². The van der Waals surface area contributed by atoms with Crippen LogP contribution >= 0.6 is 15.9 Å². The fourth-order valence-electron chi connectivity index (χ4n) is 2.66. The molecule has 2 rings (SSSR count). The Balaban J connectivity index is 1.93. The largest absolute Gasteiger partial charge is 0.444 e. The van der Waals surface area contributed by atoms with E-state index in [0.717, 1.165) is 24.0 Å². The molecule has 1 aliphatic rings. The number of rotatable bonds is 3. The molecule has 1 aromatic rings. The summed E-state index contributed by atoms with van der Waals surface area (Å²) in [7, 11) is 1.77. The van der Waals surface area contributed by atoms with Crippen LogP contribution in [0.3, 0.4) is 0 Å². The second kappa shape index (κ2) is 7.18. The third-order valence-corrected chi connectivity index (χ3v) is 4.37. The second-order valence-corrected chi connectivity index (χ2v) is 7.92. The van der Waals surface area contributed by atoms with E-state index >= 15 is 0 Å². The lowest BCUT2D eigenvalue weighted by molar-refractivity contribution is 0.0228. The first-order chi connectivity index (χ1) is 10.7. The molecule has 1 amide bonds. The smallest absolute Gasteiger partial charge is 0.410 e. The van der Waals surface area contributed by atoms with Crippen LogP contribution < -0.4 is 0 Å². The number of hydrogen-bond donors (Lipinski definition) is 0. The Hall–Kier alpha value is -1.14. The van der Waals surface area contributed by atoms with Gasteiger partial charge in [-0.2, -0.15) is 0 Å². The van der Waals surface area contributed by atoms with E-state index in [0.29, 0.717) is 12.1 Å². The molecule has 1 fully saturated rings. The van der Waals surface area contributed by atoms with E-state index < -0.39 is 5.60 Å². The van der Waals surface area contributed by atoms with E-state index in [-0.39, 0.29) is 18.0 Å². The molecule has 0 aliphatic carbocycles. The Labute approximate surface area is 145 Å². The van der Waals surface area contributed by atoms with Crippen LogP contribution in [0.5, 0.6) is 0 Å². The second-order valence-electron chi connectivity index (χ2n) is 7.00. The summed E-state index contributed by atoms with van der Waals surface area (Å²) in [6, 6.07) is 5.07. The number of ether oxygens (including phenoxy) is 1. The van der Waals surface area contributed by atoms with Crippen molar-refractivity contribution in [3.63, 3.8) is 0 Å². The maximum absolute atomic E-state index is 13.9. The standard InChI is InChI=1S/C17H24BrFN2O2/c1-17(2,3)23-16(22)20(4)14-7-8-21(11-14)10-12-9-13(18)5-6-15(12)19/h5-6,9,14H,7-8,10-11H2,1-4H3. The minimum absolute atomic E-state index is 0.0973. The van der Waals surface area contributed by atoms with Crippen LogP contribution in [0.2, 0.25) is 0 Å². The Kier molecular flexibility index (Phi) is 5.68. The first kappa shape index (κ1) is 18.2. The molecule has 1 unspecified atom stereocenters. The van der Waals surface area contributed by atoms with Crippen molar-refractivity contribution in [2.75, 3.05) is 20.1 Å². The zero-order valence-electron chi connectivity index (χ0n) is 14.1. The molecule has 0 spiro atoms. The molecule has 0 N–H and O–H groups in total. The molecule has 0 radical (unpaired) electrons.